The predicted molar refractivity (Wildman–Crippen MR) is 65.0 cm³/mol. The van der Waals surface area contributed by atoms with Crippen LogP contribution in [0.15, 0.2) is 17.2 Å². The Morgan fingerprint density at radius 1 is 1.35 bits per heavy atom. The van der Waals surface area contributed by atoms with Crippen LogP contribution in [-0.4, -0.2) is 20.8 Å². The minimum absolute atomic E-state index is 0.0565. The van der Waals surface area contributed by atoms with E-state index in [1.54, 1.807) is 16.2 Å². The number of hydrogen-bond acceptors (Lipinski definition) is 2. The van der Waals surface area contributed by atoms with Crippen LogP contribution < -0.4 is 5.69 Å². The summed E-state index contributed by atoms with van der Waals surface area (Å²) in [4.78, 5) is 11.7. The van der Waals surface area contributed by atoms with Crippen LogP contribution in [0.4, 0.5) is 0 Å². The van der Waals surface area contributed by atoms with Crippen molar-refractivity contribution in [1.29, 1.82) is 0 Å². The Hall–Kier alpha value is -1.03. The number of ether oxygens (including phenoxy) is 1. The lowest BCUT2D eigenvalue weighted by atomic mass is 9.98. The van der Waals surface area contributed by atoms with Gasteiger partial charge in [-0.25, -0.2) is 4.79 Å². The maximum atomic E-state index is 11.7. The zero-order valence-electron chi connectivity index (χ0n) is 10.4. The molecule has 3 rings (SSSR count). The van der Waals surface area contributed by atoms with Gasteiger partial charge in [-0.2, -0.15) is 0 Å². The fourth-order valence-corrected chi connectivity index (χ4v) is 3.28. The lowest BCUT2D eigenvalue weighted by Crippen LogP contribution is -2.30. The van der Waals surface area contributed by atoms with Gasteiger partial charge in [0.15, 0.2) is 0 Å². The Kier molecular flexibility index (Phi) is 2.62. The zero-order chi connectivity index (χ0) is 11.9. The first-order chi connectivity index (χ1) is 8.19. The summed E-state index contributed by atoms with van der Waals surface area (Å²) in [7, 11) is 1.78. The monoisotopic (exact) mass is 236 g/mol. The van der Waals surface area contributed by atoms with Gasteiger partial charge in [0.2, 0.25) is 0 Å². The fourth-order valence-electron chi connectivity index (χ4n) is 3.28. The molecule has 0 N–H and O–H groups in total. The van der Waals surface area contributed by atoms with Crippen LogP contribution in [0.2, 0.25) is 0 Å². The van der Waals surface area contributed by atoms with Crippen LogP contribution in [0, 0.1) is 0 Å². The molecule has 94 valence electrons. The van der Waals surface area contributed by atoms with Gasteiger partial charge in [-0.3, -0.25) is 4.57 Å². The third kappa shape index (κ3) is 1.95. The summed E-state index contributed by atoms with van der Waals surface area (Å²) in [5, 5.41) is 0. The van der Waals surface area contributed by atoms with E-state index in [0.717, 1.165) is 6.42 Å². The van der Waals surface area contributed by atoms with Crippen LogP contribution in [0.25, 0.3) is 0 Å². The first-order valence-electron chi connectivity index (χ1n) is 6.58. The van der Waals surface area contributed by atoms with Crippen molar-refractivity contribution in [3.8, 4) is 0 Å². The molecule has 17 heavy (non-hydrogen) atoms. The van der Waals surface area contributed by atoms with E-state index >= 15 is 0 Å². The van der Waals surface area contributed by atoms with Crippen LogP contribution in [-0.2, 0) is 18.3 Å². The van der Waals surface area contributed by atoms with Crippen molar-refractivity contribution < 1.29 is 4.74 Å². The van der Waals surface area contributed by atoms with Gasteiger partial charge in [0.25, 0.3) is 0 Å². The van der Waals surface area contributed by atoms with Crippen molar-refractivity contribution >= 4 is 0 Å². The molecule has 1 unspecified atom stereocenters. The SMILES string of the molecule is Cn1ccn(CC2CCC3(CCCC3)O2)c1=O. The molecule has 0 amide bonds. The molecule has 1 spiro atoms. The summed E-state index contributed by atoms with van der Waals surface area (Å²) in [5.41, 5.74) is 0.226. The number of nitrogens with zero attached hydrogens (tertiary/aromatic N) is 2. The number of hydrogen-bond donors (Lipinski definition) is 0. The van der Waals surface area contributed by atoms with Crippen molar-refractivity contribution in [3.05, 3.63) is 22.9 Å². The Morgan fingerprint density at radius 3 is 2.76 bits per heavy atom. The molecule has 1 aromatic heterocycles. The molecule has 2 heterocycles. The Bertz CT molecular complexity index is 454. The van der Waals surface area contributed by atoms with E-state index in [1.807, 2.05) is 12.4 Å². The summed E-state index contributed by atoms with van der Waals surface area (Å²) < 4.78 is 9.58. The van der Waals surface area contributed by atoms with Crippen molar-refractivity contribution in [3.63, 3.8) is 0 Å². The average Bonchev–Trinajstić information content (AvgIpc) is 3.00. The van der Waals surface area contributed by atoms with Crippen molar-refractivity contribution in [2.75, 3.05) is 0 Å². The molecule has 2 aliphatic rings. The Labute approximate surface area is 101 Å². The highest BCUT2D eigenvalue weighted by Gasteiger charge is 2.42. The molecule has 1 atom stereocenters. The molecule has 0 bridgehead atoms. The molecule has 1 aliphatic heterocycles. The van der Waals surface area contributed by atoms with Crippen LogP contribution in [0.5, 0.6) is 0 Å². The zero-order valence-corrected chi connectivity index (χ0v) is 10.4. The molecule has 4 nitrogen and oxygen atoms in total. The lowest BCUT2D eigenvalue weighted by molar-refractivity contribution is -0.0421. The molecule has 0 aromatic carbocycles. The van der Waals surface area contributed by atoms with E-state index in [0.29, 0.717) is 6.54 Å². The number of rotatable bonds is 2. The summed E-state index contributed by atoms with van der Waals surface area (Å²) in [6.07, 6.45) is 11.2. The highest BCUT2D eigenvalue weighted by atomic mass is 16.5. The first kappa shape index (κ1) is 11.1. The largest absolute Gasteiger partial charge is 0.370 e. The first-order valence-corrected chi connectivity index (χ1v) is 6.58. The molecule has 1 aromatic rings. The second kappa shape index (κ2) is 4.02. The van der Waals surface area contributed by atoms with Crippen LogP contribution in [0.3, 0.4) is 0 Å². The second-order valence-corrected chi connectivity index (χ2v) is 5.51. The maximum absolute atomic E-state index is 11.7. The fraction of sp³-hybridized carbons (Fsp3) is 0.769. The van der Waals surface area contributed by atoms with Gasteiger partial charge in [-0.1, -0.05) is 12.8 Å². The lowest BCUT2D eigenvalue weighted by Gasteiger charge is -2.23. The smallest absolute Gasteiger partial charge is 0.327 e. The third-order valence-corrected chi connectivity index (χ3v) is 4.27. The molecule has 2 fully saturated rings. The molecule has 0 radical (unpaired) electrons. The standard InChI is InChI=1S/C13H20N2O2/c1-14-8-9-15(12(14)16)10-11-4-7-13(17-11)5-2-3-6-13/h8-9,11H,2-7,10H2,1H3. The molecule has 1 saturated carbocycles. The maximum Gasteiger partial charge on any atom is 0.327 e. The van der Waals surface area contributed by atoms with Crippen molar-refractivity contribution in [2.45, 2.75) is 56.8 Å². The van der Waals surface area contributed by atoms with E-state index in [1.165, 1.54) is 32.1 Å². The second-order valence-electron chi connectivity index (χ2n) is 5.51. The van der Waals surface area contributed by atoms with E-state index < -0.39 is 0 Å². The quantitative estimate of drug-likeness (QED) is 0.783. The summed E-state index contributed by atoms with van der Waals surface area (Å²) in [6.45, 7) is 0.710. The molecule has 4 heteroatoms. The predicted octanol–water partition coefficient (Wildman–Crippen LogP) is 1.68. The number of aromatic nitrogens is 2. The van der Waals surface area contributed by atoms with E-state index in [4.69, 9.17) is 4.74 Å². The van der Waals surface area contributed by atoms with E-state index in [2.05, 4.69) is 0 Å². The summed E-state index contributed by atoms with van der Waals surface area (Å²) >= 11 is 0. The highest BCUT2D eigenvalue weighted by molar-refractivity contribution is 4.93. The molecular formula is C13H20N2O2. The van der Waals surface area contributed by atoms with E-state index in [-0.39, 0.29) is 17.4 Å². The summed E-state index contributed by atoms with van der Waals surface area (Å²) in [5.74, 6) is 0. The Balaban J connectivity index is 1.68. The van der Waals surface area contributed by atoms with Gasteiger partial charge in [-0.15, -0.1) is 0 Å². The van der Waals surface area contributed by atoms with E-state index in [9.17, 15) is 4.79 Å². The number of imidazole rings is 1. The van der Waals surface area contributed by atoms with Gasteiger partial charge in [0.05, 0.1) is 18.2 Å². The van der Waals surface area contributed by atoms with Crippen molar-refractivity contribution in [1.82, 2.24) is 9.13 Å². The third-order valence-electron chi connectivity index (χ3n) is 4.27. The minimum atomic E-state index is 0.0565. The topological polar surface area (TPSA) is 36.2 Å². The van der Waals surface area contributed by atoms with Crippen LogP contribution in [0.1, 0.15) is 38.5 Å². The van der Waals surface area contributed by atoms with Crippen LogP contribution >= 0.6 is 0 Å². The van der Waals surface area contributed by atoms with Gasteiger partial charge in [-0.05, 0) is 25.7 Å². The normalized spacial score (nSPS) is 27.0. The van der Waals surface area contributed by atoms with Gasteiger partial charge < -0.3 is 9.30 Å². The summed E-state index contributed by atoms with van der Waals surface area (Å²) in [6, 6.07) is 0. The molecular weight excluding hydrogens is 216 g/mol. The van der Waals surface area contributed by atoms with Gasteiger partial charge >= 0.3 is 5.69 Å². The molecule has 1 saturated heterocycles. The van der Waals surface area contributed by atoms with Gasteiger partial charge in [0.1, 0.15) is 0 Å². The molecule has 1 aliphatic carbocycles. The number of aryl methyl sites for hydroxylation is 1. The van der Waals surface area contributed by atoms with Gasteiger partial charge in [0, 0.05) is 19.4 Å². The average molecular weight is 236 g/mol. The Morgan fingerprint density at radius 2 is 2.12 bits per heavy atom. The highest BCUT2D eigenvalue weighted by Crippen LogP contribution is 2.43. The minimum Gasteiger partial charge on any atom is -0.370 e. The van der Waals surface area contributed by atoms with Crippen molar-refractivity contribution in [2.24, 2.45) is 7.05 Å².